The lowest BCUT2D eigenvalue weighted by atomic mass is 9.97. The minimum absolute atomic E-state index is 0.194. The van der Waals surface area contributed by atoms with Crippen LogP contribution in [0, 0.1) is 0 Å². The maximum absolute atomic E-state index is 13.0. The summed E-state index contributed by atoms with van der Waals surface area (Å²) in [4.78, 5) is 19.1. The van der Waals surface area contributed by atoms with Gasteiger partial charge in [0.15, 0.2) is 16.6 Å². The van der Waals surface area contributed by atoms with Gasteiger partial charge >= 0.3 is 0 Å². The Balaban J connectivity index is 1.99. The molecule has 140 valence electrons. The van der Waals surface area contributed by atoms with Gasteiger partial charge in [-0.1, -0.05) is 17.4 Å². The second-order valence-electron chi connectivity index (χ2n) is 5.71. The fourth-order valence-electron chi connectivity index (χ4n) is 3.07. The van der Waals surface area contributed by atoms with Crippen molar-refractivity contribution in [1.82, 2.24) is 9.88 Å². The number of morpholine rings is 1. The molecule has 1 fully saturated rings. The maximum atomic E-state index is 13.0. The van der Waals surface area contributed by atoms with E-state index in [4.69, 9.17) is 19.9 Å². The largest absolute Gasteiger partial charge is 0.493 e. The number of hydrogen-bond acceptors (Lipinski definition) is 8. The number of carbonyl (C=O) groups excluding carboxylic acids is 1. The molecule has 3 rings (SSSR count). The number of rotatable bonds is 5. The molecular formula is C17H21N3O5S. The van der Waals surface area contributed by atoms with Crippen LogP contribution in [0.2, 0.25) is 0 Å². The lowest BCUT2D eigenvalue weighted by Gasteiger charge is -2.40. The average molecular weight is 379 g/mol. The molecule has 9 heteroatoms. The molecule has 2 aromatic rings. The van der Waals surface area contributed by atoms with Crippen LogP contribution in [0.15, 0.2) is 24.4 Å². The molecule has 26 heavy (non-hydrogen) atoms. The van der Waals surface area contributed by atoms with Gasteiger partial charge in [-0.2, -0.15) is 0 Å². The molecule has 1 aliphatic heterocycles. The monoisotopic (exact) mass is 379 g/mol. The van der Waals surface area contributed by atoms with Crippen molar-refractivity contribution in [1.29, 1.82) is 0 Å². The summed E-state index contributed by atoms with van der Waals surface area (Å²) in [6.45, 7) is 0.523. The van der Waals surface area contributed by atoms with Gasteiger partial charge < -0.3 is 30.0 Å². The Hall–Kier alpha value is -2.36. The Morgan fingerprint density at radius 1 is 1.42 bits per heavy atom. The van der Waals surface area contributed by atoms with E-state index in [0.717, 1.165) is 16.9 Å². The summed E-state index contributed by atoms with van der Waals surface area (Å²) in [7, 11) is 3.10. The number of benzene rings is 1. The Bertz CT molecular complexity index is 782. The molecule has 0 spiro atoms. The first kappa shape index (κ1) is 18.4. The molecule has 1 aromatic carbocycles. The van der Waals surface area contributed by atoms with Crippen LogP contribution < -0.4 is 15.2 Å². The number of aromatic nitrogens is 1. The summed E-state index contributed by atoms with van der Waals surface area (Å²) in [6.07, 6.45) is 0.924. The number of anilines is 1. The highest BCUT2D eigenvalue weighted by molar-refractivity contribution is 7.17. The van der Waals surface area contributed by atoms with E-state index in [-0.39, 0.29) is 12.5 Å². The summed E-state index contributed by atoms with van der Waals surface area (Å²) in [5.41, 5.74) is 6.44. The molecule has 1 aliphatic rings. The number of nitrogens with two attached hydrogens (primary N) is 1. The lowest BCUT2D eigenvalue weighted by molar-refractivity contribution is -0.0810. The van der Waals surface area contributed by atoms with Crippen LogP contribution >= 0.6 is 11.3 Å². The van der Waals surface area contributed by atoms with Gasteiger partial charge in [-0.3, -0.25) is 4.79 Å². The zero-order valence-corrected chi connectivity index (χ0v) is 15.4. The molecule has 3 N–H and O–H groups in total. The number of carbonyl (C=O) groups is 1. The molecule has 0 aliphatic carbocycles. The summed E-state index contributed by atoms with van der Waals surface area (Å²) < 4.78 is 16.3. The minimum Gasteiger partial charge on any atom is -0.493 e. The van der Waals surface area contributed by atoms with Crippen molar-refractivity contribution in [2.45, 2.75) is 12.1 Å². The predicted octanol–water partition coefficient (Wildman–Crippen LogP) is 1.32. The molecule has 2 heterocycles. The molecule has 1 aromatic heterocycles. The fourth-order valence-corrected chi connectivity index (χ4v) is 3.71. The summed E-state index contributed by atoms with van der Waals surface area (Å²) in [5, 5.41) is 10.1. The van der Waals surface area contributed by atoms with Gasteiger partial charge in [-0.25, -0.2) is 4.98 Å². The van der Waals surface area contributed by atoms with Crippen LogP contribution in [0.1, 0.15) is 21.3 Å². The van der Waals surface area contributed by atoms with Crippen LogP contribution in [0.4, 0.5) is 5.13 Å². The summed E-state index contributed by atoms with van der Waals surface area (Å²) >= 11 is 1.14. The van der Waals surface area contributed by atoms with Gasteiger partial charge in [-0.05, 0) is 17.7 Å². The summed E-state index contributed by atoms with van der Waals surface area (Å²) in [6, 6.07) is 4.93. The van der Waals surface area contributed by atoms with Gasteiger partial charge in [-0.15, -0.1) is 0 Å². The molecule has 2 atom stereocenters. The van der Waals surface area contributed by atoms with E-state index in [0.29, 0.717) is 34.7 Å². The summed E-state index contributed by atoms with van der Waals surface area (Å²) in [5.74, 6) is 0.934. The molecule has 0 radical (unpaired) electrons. The second-order valence-corrected chi connectivity index (χ2v) is 6.77. The first-order valence-electron chi connectivity index (χ1n) is 8.05. The Morgan fingerprint density at radius 3 is 2.81 bits per heavy atom. The van der Waals surface area contributed by atoms with Crippen LogP contribution in [0.3, 0.4) is 0 Å². The van der Waals surface area contributed by atoms with E-state index in [1.165, 1.54) is 6.20 Å². The van der Waals surface area contributed by atoms with Gasteiger partial charge in [0.25, 0.3) is 5.91 Å². The van der Waals surface area contributed by atoms with Crippen LogP contribution in [0.5, 0.6) is 11.5 Å². The Morgan fingerprint density at radius 2 is 2.19 bits per heavy atom. The zero-order valence-electron chi connectivity index (χ0n) is 14.5. The van der Waals surface area contributed by atoms with E-state index >= 15 is 0 Å². The number of thiazole rings is 1. The SMILES string of the molecule is COc1ccc([C@H]2[C@H](CO)OCCN2C(=O)c2cnc(N)s2)cc1OC. The van der Waals surface area contributed by atoms with E-state index < -0.39 is 12.1 Å². The molecule has 0 unspecified atom stereocenters. The number of methoxy groups -OCH3 is 2. The number of amides is 1. The van der Waals surface area contributed by atoms with E-state index in [1.807, 2.05) is 6.07 Å². The number of aliphatic hydroxyl groups is 1. The van der Waals surface area contributed by atoms with Crippen LogP contribution in [0.25, 0.3) is 0 Å². The van der Waals surface area contributed by atoms with Crippen molar-refractivity contribution in [3.63, 3.8) is 0 Å². The van der Waals surface area contributed by atoms with Crippen LogP contribution in [-0.2, 0) is 4.74 Å². The molecule has 1 amide bonds. The standard InChI is InChI=1S/C17H21N3O5S/c1-23-11-4-3-10(7-12(11)24-2)15-13(9-21)25-6-5-20(15)16(22)14-8-19-17(18)26-14/h3-4,7-8,13,15,21H,5-6,9H2,1-2H3,(H2,18,19)/t13-,15-/m0/s1. The molecular weight excluding hydrogens is 358 g/mol. The second kappa shape index (κ2) is 7.90. The van der Waals surface area contributed by atoms with Crippen molar-refractivity contribution in [3.05, 3.63) is 34.8 Å². The van der Waals surface area contributed by atoms with E-state index in [1.54, 1.807) is 31.3 Å². The first-order valence-corrected chi connectivity index (χ1v) is 8.87. The predicted molar refractivity (Wildman–Crippen MR) is 96.7 cm³/mol. The number of hydrogen-bond donors (Lipinski definition) is 2. The smallest absolute Gasteiger partial charge is 0.266 e. The van der Waals surface area contributed by atoms with Gasteiger partial charge in [0.1, 0.15) is 11.0 Å². The van der Waals surface area contributed by atoms with Crippen molar-refractivity contribution < 1.29 is 24.1 Å². The van der Waals surface area contributed by atoms with Gasteiger partial charge in [0.05, 0.1) is 39.7 Å². The fraction of sp³-hybridized carbons (Fsp3) is 0.412. The van der Waals surface area contributed by atoms with Crippen molar-refractivity contribution >= 4 is 22.4 Å². The third-order valence-electron chi connectivity index (χ3n) is 4.28. The third kappa shape index (κ3) is 3.46. The quantitative estimate of drug-likeness (QED) is 0.807. The third-order valence-corrected chi connectivity index (χ3v) is 5.09. The van der Waals surface area contributed by atoms with Crippen molar-refractivity contribution in [3.8, 4) is 11.5 Å². The highest BCUT2D eigenvalue weighted by Gasteiger charge is 2.37. The molecule has 1 saturated heterocycles. The van der Waals surface area contributed by atoms with Gasteiger partial charge in [0.2, 0.25) is 0 Å². The van der Waals surface area contributed by atoms with Crippen LogP contribution in [-0.4, -0.2) is 61.0 Å². The van der Waals surface area contributed by atoms with E-state index in [9.17, 15) is 9.90 Å². The Labute approximate surface area is 155 Å². The van der Waals surface area contributed by atoms with Gasteiger partial charge in [0, 0.05) is 6.54 Å². The highest BCUT2D eigenvalue weighted by atomic mass is 32.1. The highest BCUT2D eigenvalue weighted by Crippen LogP contribution is 2.36. The van der Waals surface area contributed by atoms with E-state index in [2.05, 4.69) is 4.98 Å². The first-order chi connectivity index (χ1) is 12.6. The normalized spacial score (nSPS) is 20.0. The molecule has 0 saturated carbocycles. The number of nitrogen functional groups attached to an aromatic ring is 1. The minimum atomic E-state index is -0.545. The average Bonchev–Trinajstić information content (AvgIpc) is 3.12. The molecule has 8 nitrogen and oxygen atoms in total. The van der Waals surface area contributed by atoms with Crippen molar-refractivity contribution in [2.75, 3.05) is 39.7 Å². The molecule has 0 bridgehead atoms. The number of nitrogens with zero attached hydrogens (tertiary/aromatic N) is 2. The maximum Gasteiger partial charge on any atom is 0.266 e. The zero-order chi connectivity index (χ0) is 18.7. The Kier molecular flexibility index (Phi) is 5.60. The number of aliphatic hydroxyl groups excluding tert-OH is 1. The lowest BCUT2D eigenvalue weighted by Crippen LogP contribution is -2.49. The number of ether oxygens (including phenoxy) is 3. The topological polar surface area (TPSA) is 107 Å². The van der Waals surface area contributed by atoms with Crippen molar-refractivity contribution in [2.24, 2.45) is 0 Å².